The normalized spacial score (nSPS) is 11.9. The topological polar surface area (TPSA) is 29.1 Å². The summed E-state index contributed by atoms with van der Waals surface area (Å²) < 4.78 is 0. The minimum absolute atomic E-state index is 0.0769. The Morgan fingerprint density at radius 3 is 2.50 bits per heavy atom. The van der Waals surface area contributed by atoms with Gasteiger partial charge < -0.3 is 5.32 Å². The standard InChI is InChI=1S/C18H20ClNOS/c1-14(22-17-11-9-16(19)10-12-17)18(21)20-13-5-8-15-6-3-2-4-7-15/h2-4,6-7,9-12,14H,5,8,13H2,1H3,(H,20,21)/t14-/m1/s1. The summed E-state index contributed by atoms with van der Waals surface area (Å²) in [6.45, 7) is 2.63. The van der Waals surface area contributed by atoms with Gasteiger partial charge in [0.2, 0.25) is 5.91 Å². The number of carbonyl (C=O) groups excluding carboxylic acids is 1. The molecular formula is C18H20ClNOS. The van der Waals surface area contributed by atoms with E-state index in [-0.39, 0.29) is 11.2 Å². The second-order valence-corrected chi connectivity index (χ2v) is 6.94. The van der Waals surface area contributed by atoms with Gasteiger partial charge in [-0.1, -0.05) is 41.9 Å². The van der Waals surface area contributed by atoms with E-state index in [2.05, 4.69) is 17.4 Å². The molecule has 0 aromatic heterocycles. The molecule has 0 aliphatic carbocycles. The molecule has 4 heteroatoms. The molecule has 0 aliphatic heterocycles. The van der Waals surface area contributed by atoms with Crippen LogP contribution in [0.25, 0.3) is 0 Å². The summed E-state index contributed by atoms with van der Waals surface area (Å²) in [7, 11) is 0. The van der Waals surface area contributed by atoms with Crippen molar-refractivity contribution in [2.75, 3.05) is 6.54 Å². The predicted molar refractivity (Wildman–Crippen MR) is 94.5 cm³/mol. The average Bonchev–Trinajstić information content (AvgIpc) is 2.54. The number of aryl methyl sites for hydroxylation is 1. The van der Waals surface area contributed by atoms with Crippen LogP contribution in [0.3, 0.4) is 0 Å². The molecule has 2 aromatic rings. The van der Waals surface area contributed by atoms with E-state index in [1.54, 1.807) is 11.8 Å². The van der Waals surface area contributed by atoms with Gasteiger partial charge in [0, 0.05) is 16.5 Å². The number of rotatable bonds is 7. The Morgan fingerprint density at radius 1 is 1.14 bits per heavy atom. The molecule has 0 unspecified atom stereocenters. The van der Waals surface area contributed by atoms with Gasteiger partial charge >= 0.3 is 0 Å². The molecule has 0 fully saturated rings. The van der Waals surface area contributed by atoms with Crippen molar-refractivity contribution in [3.63, 3.8) is 0 Å². The van der Waals surface area contributed by atoms with Gasteiger partial charge in [-0.15, -0.1) is 11.8 Å². The first-order valence-corrected chi connectivity index (χ1v) is 8.65. The number of benzene rings is 2. The van der Waals surface area contributed by atoms with Crippen LogP contribution < -0.4 is 5.32 Å². The van der Waals surface area contributed by atoms with E-state index in [1.165, 1.54) is 5.56 Å². The fraction of sp³-hybridized carbons (Fsp3) is 0.278. The third kappa shape index (κ3) is 5.74. The highest BCUT2D eigenvalue weighted by atomic mass is 35.5. The Hall–Kier alpha value is -1.45. The van der Waals surface area contributed by atoms with E-state index >= 15 is 0 Å². The molecule has 0 aliphatic rings. The zero-order valence-corrected chi connectivity index (χ0v) is 14.2. The Kier molecular flexibility index (Phi) is 6.81. The van der Waals surface area contributed by atoms with Gasteiger partial charge in [0.1, 0.15) is 0 Å². The summed E-state index contributed by atoms with van der Waals surface area (Å²) >= 11 is 7.40. The lowest BCUT2D eigenvalue weighted by molar-refractivity contribution is -0.120. The second kappa shape index (κ2) is 8.86. The number of halogens is 1. The van der Waals surface area contributed by atoms with E-state index in [1.807, 2.05) is 49.4 Å². The first-order chi connectivity index (χ1) is 10.6. The zero-order chi connectivity index (χ0) is 15.8. The van der Waals surface area contributed by atoms with Crippen molar-refractivity contribution < 1.29 is 4.79 Å². The van der Waals surface area contributed by atoms with Crippen molar-refractivity contribution in [1.82, 2.24) is 5.32 Å². The summed E-state index contributed by atoms with van der Waals surface area (Å²) in [5.41, 5.74) is 1.31. The number of hydrogen-bond donors (Lipinski definition) is 1. The van der Waals surface area contributed by atoms with Crippen LogP contribution in [0.2, 0.25) is 5.02 Å². The van der Waals surface area contributed by atoms with E-state index in [0.717, 1.165) is 17.7 Å². The monoisotopic (exact) mass is 333 g/mol. The Bertz CT molecular complexity index is 586. The summed E-state index contributed by atoms with van der Waals surface area (Å²) in [4.78, 5) is 13.1. The maximum Gasteiger partial charge on any atom is 0.233 e. The molecule has 2 aromatic carbocycles. The molecule has 0 bridgehead atoms. The summed E-state index contributed by atoms with van der Waals surface area (Å²) in [6.07, 6.45) is 1.94. The van der Waals surface area contributed by atoms with Gasteiger partial charge in [0.15, 0.2) is 0 Å². The molecular weight excluding hydrogens is 314 g/mol. The lowest BCUT2D eigenvalue weighted by atomic mass is 10.1. The van der Waals surface area contributed by atoms with Crippen molar-refractivity contribution in [2.24, 2.45) is 0 Å². The highest BCUT2D eigenvalue weighted by Gasteiger charge is 2.13. The maximum atomic E-state index is 12.1. The van der Waals surface area contributed by atoms with Crippen LogP contribution in [-0.2, 0) is 11.2 Å². The Labute approximate surface area is 141 Å². The van der Waals surface area contributed by atoms with Crippen molar-refractivity contribution in [3.05, 3.63) is 65.2 Å². The largest absolute Gasteiger partial charge is 0.355 e. The molecule has 1 N–H and O–H groups in total. The van der Waals surface area contributed by atoms with Crippen LogP contribution >= 0.6 is 23.4 Å². The first-order valence-electron chi connectivity index (χ1n) is 7.39. The molecule has 2 rings (SSSR count). The van der Waals surface area contributed by atoms with Crippen LogP contribution in [0, 0.1) is 0 Å². The highest BCUT2D eigenvalue weighted by Crippen LogP contribution is 2.24. The Morgan fingerprint density at radius 2 is 1.82 bits per heavy atom. The van der Waals surface area contributed by atoms with Crippen molar-refractivity contribution in [2.45, 2.75) is 29.9 Å². The third-order valence-corrected chi connectivity index (χ3v) is 4.64. The van der Waals surface area contributed by atoms with Gasteiger partial charge in [-0.2, -0.15) is 0 Å². The minimum Gasteiger partial charge on any atom is -0.355 e. The van der Waals surface area contributed by atoms with Gasteiger partial charge in [-0.05, 0) is 49.6 Å². The Balaban J connectivity index is 1.69. The lowest BCUT2D eigenvalue weighted by Gasteiger charge is -2.12. The maximum absolute atomic E-state index is 12.1. The third-order valence-electron chi connectivity index (χ3n) is 3.28. The fourth-order valence-electron chi connectivity index (χ4n) is 2.06. The van der Waals surface area contributed by atoms with Crippen LogP contribution in [0.5, 0.6) is 0 Å². The van der Waals surface area contributed by atoms with Gasteiger partial charge in [0.05, 0.1) is 5.25 Å². The molecule has 116 valence electrons. The lowest BCUT2D eigenvalue weighted by Crippen LogP contribution is -2.31. The van der Waals surface area contributed by atoms with Gasteiger partial charge in [-0.25, -0.2) is 0 Å². The number of hydrogen-bond acceptors (Lipinski definition) is 2. The number of thioether (sulfide) groups is 1. The van der Waals surface area contributed by atoms with Crippen LogP contribution in [0.4, 0.5) is 0 Å². The fourth-order valence-corrected chi connectivity index (χ4v) is 3.08. The summed E-state index contributed by atoms with van der Waals surface area (Å²) in [6, 6.07) is 17.9. The molecule has 0 saturated carbocycles. The predicted octanol–water partition coefficient (Wildman–Crippen LogP) is 4.57. The second-order valence-electron chi connectivity index (χ2n) is 5.09. The number of carbonyl (C=O) groups is 1. The number of nitrogens with one attached hydrogen (secondary N) is 1. The SMILES string of the molecule is C[C@@H](Sc1ccc(Cl)cc1)C(=O)NCCCc1ccccc1. The van der Waals surface area contributed by atoms with Gasteiger partial charge in [0.25, 0.3) is 0 Å². The minimum atomic E-state index is -0.113. The summed E-state index contributed by atoms with van der Waals surface area (Å²) in [5, 5.41) is 3.60. The van der Waals surface area contributed by atoms with Crippen molar-refractivity contribution in [1.29, 1.82) is 0 Å². The van der Waals surface area contributed by atoms with E-state index < -0.39 is 0 Å². The molecule has 2 nitrogen and oxygen atoms in total. The average molecular weight is 334 g/mol. The smallest absolute Gasteiger partial charge is 0.233 e. The molecule has 0 radical (unpaired) electrons. The van der Waals surface area contributed by atoms with E-state index in [0.29, 0.717) is 11.6 Å². The molecule has 1 amide bonds. The van der Waals surface area contributed by atoms with Crippen LogP contribution in [0.15, 0.2) is 59.5 Å². The number of amides is 1. The zero-order valence-electron chi connectivity index (χ0n) is 12.6. The first kappa shape index (κ1) is 16.9. The highest BCUT2D eigenvalue weighted by molar-refractivity contribution is 8.00. The molecule has 0 spiro atoms. The summed E-state index contributed by atoms with van der Waals surface area (Å²) in [5.74, 6) is 0.0769. The molecule has 1 atom stereocenters. The van der Waals surface area contributed by atoms with Gasteiger partial charge in [-0.3, -0.25) is 4.79 Å². The van der Waals surface area contributed by atoms with Crippen molar-refractivity contribution >= 4 is 29.3 Å². The molecule has 0 saturated heterocycles. The van der Waals surface area contributed by atoms with E-state index in [4.69, 9.17) is 11.6 Å². The van der Waals surface area contributed by atoms with Crippen molar-refractivity contribution in [3.8, 4) is 0 Å². The molecule has 22 heavy (non-hydrogen) atoms. The molecule has 0 heterocycles. The quantitative estimate of drug-likeness (QED) is 0.594. The van der Waals surface area contributed by atoms with Crippen LogP contribution in [-0.4, -0.2) is 17.7 Å². The van der Waals surface area contributed by atoms with E-state index in [9.17, 15) is 4.79 Å². The van der Waals surface area contributed by atoms with Crippen LogP contribution in [0.1, 0.15) is 18.9 Å².